The zero-order valence-corrected chi connectivity index (χ0v) is 5.59. The van der Waals surface area contributed by atoms with Crippen molar-refractivity contribution in [1.82, 2.24) is 0 Å². The van der Waals surface area contributed by atoms with Gasteiger partial charge < -0.3 is 9.84 Å². The van der Waals surface area contributed by atoms with Crippen molar-refractivity contribution in [1.29, 1.82) is 0 Å². The largest absolute Gasteiger partial charge is 0.481 e. The number of carboxylic acids is 1. The standard InChI is InChI=1S/C6H8O4/c1-6(5(8)9)2-4(7)10-3-6/h2-3H2,1H3,(H,8,9). The Labute approximate surface area is 57.8 Å². The van der Waals surface area contributed by atoms with E-state index in [1.807, 2.05) is 0 Å². The summed E-state index contributed by atoms with van der Waals surface area (Å²) in [7, 11) is 0. The fourth-order valence-electron chi connectivity index (χ4n) is 0.798. The first-order valence-corrected chi connectivity index (χ1v) is 2.94. The van der Waals surface area contributed by atoms with Gasteiger partial charge in [0.15, 0.2) is 0 Å². The van der Waals surface area contributed by atoms with E-state index >= 15 is 0 Å². The number of carbonyl (C=O) groups is 2. The van der Waals surface area contributed by atoms with Crippen LogP contribution in [0.15, 0.2) is 0 Å². The average molecular weight is 144 g/mol. The normalized spacial score (nSPS) is 31.9. The summed E-state index contributed by atoms with van der Waals surface area (Å²) in [6, 6.07) is 0. The number of esters is 1. The molecule has 1 aliphatic heterocycles. The van der Waals surface area contributed by atoms with Crippen LogP contribution in [0.3, 0.4) is 0 Å². The number of carbonyl (C=O) groups excluding carboxylic acids is 1. The summed E-state index contributed by atoms with van der Waals surface area (Å²) in [5.41, 5.74) is -0.989. The third-order valence-electron chi connectivity index (χ3n) is 1.60. The van der Waals surface area contributed by atoms with Gasteiger partial charge >= 0.3 is 11.9 Å². The summed E-state index contributed by atoms with van der Waals surface area (Å²) < 4.78 is 4.51. The molecule has 0 aromatic carbocycles. The fourth-order valence-corrected chi connectivity index (χ4v) is 0.798. The van der Waals surface area contributed by atoms with Crippen molar-refractivity contribution < 1.29 is 19.4 Å². The second kappa shape index (κ2) is 1.97. The van der Waals surface area contributed by atoms with Crippen molar-refractivity contribution >= 4 is 11.9 Å². The predicted molar refractivity (Wildman–Crippen MR) is 31.3 cm³/mol. The molecular formula is C6H8O4. The highest BCUT2D eigenvalue weighted by molar-refractivity contribution is 5.84. The van der Waals surface area contributed by atoms with Gasteiger partial charge in [-0.2, -0.15) is 0 Å². The Hall–Kier alpha value is -1.06. The summed E-state index contributed by atoms with van der Waals surface area (Å²) in [6.07, 6.45) is -0.0116. The fraction of sp³-hybridized carbons (Fsp3) is 0.667. The van der Waals surface area contributed by atoms with Crippen LogP contribution in [0, 0.1) is 5.41 Å². The first-order chi connectivity index (χ1) is 4.54. The van der Waals surface area contributed by atoms with E-state index in [4.69, 9.17) is 5.11 Å². The first kappa shape index (κ1) is 7.05. The van der Waals surface area contributed by atoms with Gasteiger partial charge in [-0.1, -0.05) is 0 Å². The molecular weight excluding hydrogens is 136 g/mol. The SMILES string of the molecule is CC1(C(=O)O)COC(=O)C1. The van der Waals surface area contributed by atoms with Gasteiger partial charge in [0.05, 0.1) is 6.42 Å². The van der Waals surface area contributed by atoms with E-state index in [-0.39, 0.29) is 13.0 Å². The van der Waals surface area contributed by atoms with Crippen LogP contribution in [0.25, 0.3) is 0 Å². The molecule has 1 N–H and O–H groups in total. The minimum atomic E-state index is -0.989. The Bertz CT molecular complexity index is 186. The Morgan fingerprint density at radius 1 is 1.80 bits per heavy atom. The van der Waals surface area contributed by atoms with Crippen LogP contribution in [-0.2, 0) is 14.3 Å². The average Bonchev–Trinajstić information content (AvgIpc) is 2.13. The predicted octanol–water partition coefficient (Wildman–Crippen LogP) is 0.0242. The van der Waals surface area contributed by atoms with Crippen LogP contribution in [0.2, 0.25) is 0 Å². The minimum absolute atomic E-state index is 0.00116. The molecule has 4 nitrogen and oxygen atoms in total. The van der Waals surface area contributed by atoms with E-state index in [0.717, 1.165) is 0 Å². The van der Waals surface area contributed by atoms with Crippen molar-refractivity contribution in [2.75, 3.05) is 6.61 Å². The van der Waals surface area contributed by atoms with Crippen LogP contribution < -0.4 is 0 Å². The maximum absolute atomic E-state index is 10.5. The Morgan fingerprint density at radius 3 is 2.60 bits per heavy atom. The Morgan fingerprint density at radius 2 is 2.40 bits per heavy atom. The van der Waals surface area contributed by atoms with E-state index in [0.29, 0.717) is 0 Å². The molecule has 0 amide bonds. The number of hydrogen-bond donors (Lipinski definition) is 1. The van der Waals surface area contributed by atoms with E-state index in [1.165, 1.54) is 6.92 Å². The van der Waals surface area contributed by atoms with Gasteiger partial charge in [-0.3, -0.25) is 9.59 Å². The molecule has 0 bridgehead atoms. The zero-order chi connectivity index (χ0) is 7.78. The number of cyclic esters (lactones) is 1. The maximum Gasteiger partial charge on any atom is 0.313 e. The number of hydrogen-bond acceptors (Lipinski definition) is 3. The zero-order valence-electron chi connectivity index (χ0n) is 5.59. The van der Waals surface area contributed by atoms with Gasteiger partial charge in [0.2, 0.25) is 0 Å². The molecule has 0 aromatic rings. The van der Waals surface area contributed by atoms with E-state index in [9.17, 15) is 9.59 Å². The van der Waals surface area contributed by atoms with Crippen molar-refractivity contribution in [3.63, 3.8) is 0 Å². The summed E-state index contributed by atoms with van der Waals surface area (Å²) in [5, 5.41) is 8.56. The van der Waals surface area contributed by atoms with Gasteiger partial charge in [0.25, 0.3) is 0 Å². The van der Waals surface area contributed by atoms with Crippen LogP contribution in [0.1, 0.15) is 13.3 Å². The van der Waals surface area contributed by atoms with Crippen molar-refractivity contribution in [2.45, 2.75) is 13.3 Å². The van der Waals surface area contributed by atoms with Crippen LogP contribution in [0.5, 0.6) is 0 Å². The molecule has 4 heteroatoms. The lowest BCUT2D eigenvalue weighted by Crippen LogP contribution is -2.27. The van der Waals surface area contributed by atoms with Gasteiger partial charge in [-0.05, 0) is 6.92 Å². The first-order valence-electron chi connectivity index (χ1n) is 2.94. The van der Waals surface area contributed by atoms with E-state index in [2.05, 4.69) is 4.74 Å². The van der Waals surface area contributed by atoms with Gasteiger partial charge in [0.1, 0.15) is 12.0 Å². The van der Waals surface area contributed by atoms with Crippen molar-refractivity contribution in [3.8, 4) is 0 Å². The molecule has 1 unspecified atom stereocenters. The lowest BCUT2D eigenvalue weighted by atomic mass is 9.90. The molecule has 0 radical (unpaired) electrons. The van der Waals surface area contributed by atoms with Gasteiger partial charge in [-0.15, -0.1) is 0 Å². The minimum Gasteiger partial charge on any atom is -0.481 e. The summed E-state index contributed by atoms with van der Waals surface area (Å²) >= 11 is 0. The Kier molecular flexibility index (Phi) is 1.39. The van der Waals surface area contributed by atoms with E-state index < -0.39 is 17.4 Å². The molecule has 1 saturated heterocycles. The molecule has 0 saturated carbocycles. The van der Waals surface area contributed by atoms with Gasteiger partial charge in [0, 0.05) is 0 Å². The number of carboxylic acid groups (broad SMARTS) is 1. The quantitative estimate of drug-likeness (QED) is 0.527. The highest BCUT2D eigenvalue weighted by Crippen LogP contribution is 2.28. The maximum atomic E-state index is 10.5. The third-order valence-corrected chi connectivity index (χ3v) is 1.60. The van der Waals surface area contributed by atoms with Crippen molar-refractivity contribution in [3.05, 3.63) is 0 Å². The monoisotopic (exact) mass is 144 g/mol. The van der Waals surface area contributed by atoms with Gasteiger partial charge in [-0.25, -0.2) is 0 Å². The second-order valence-corrected chi connectivity index (χ2v) is 2.70. The van der Waals surface area contributed by atoms with Crippen LogP contribution >= 0.6 is 0 Å². The second-order valence-electron chi connectivity index (χ2n) is 2.70. The number of ether oxygens (including phenoxy) is 1. The van der Waals surface area contributed by atoms with E-state index in [1.54, 1.807) is 0 Å². The smallest absolute Gasteiger partial charge is 0.313 e. The molecule has 1 fully saturated rings. The molecule has 0 aliphatic carbocycles. The molecule has 1 rings (SSSR count). The lowest BCUT2D eigenvalue weighted by molar-refractivity contribution is -0.147. The number of aliphatic carboxylic acids is 1. The third kappa shape index (κ3) is 0.964. The molecule has 0 aromatic heterocycles. The van der Waals surface area contributed by atoms with Crippen LogP contribution in [0.4, 0.5) is 0 Å². The molecule has 10 heavy (non-hydrogen) atoms. The summed E-state index contributed by atoms with van der Waals surface area (Å²) in [6.45, 7) is 1.50. The molecule has 1 heterocycles. The number of rotatable bonds is 1. The molecule has 1 atom stereocenters. The lowest BCUT2D eigenvalue weighted by Gasteiger charge is -2.11. The van der Waals surface area contributed by atoms with Crippen molar-refractivity contribution in [2.24, 2.45) is 5.41 Å². The Balaban J connectivity index is 2.72. The highest BCUT2D eigenvalue weighted by Gasteiger charge is 2.42. The highest BCUT2D eigenvalue weighted by atomic mass is 16.5. The molecule has 56 valence electrons. The molecule has 1 aliphatic rings. The summed E-state index contributed by atoms with van der Waals surface area (Å²) in [4.78, 5) is 20.9. The summed E-state index contributed by atoms with van der Waals surface area (Å²) in [5.74, 6) is -1.40. The topological polar surface area (TPSA) is 63.6 Å². The molecule has 0 spiro atoms. The van der Waals surface area contributed by atoms with Crippen LogP contribution in [-0.4, -0.2) is 23.7 Å².